The van der Waals surface area contributed by atoms with Crippen LogP contribution in [0.15, 0.2) is 35.3 Å². The second-order valence-corrected chi connectivity index (χ2v) is 6.40. The van der Waals surface area contributed by atoms with Gasteiger partial charge in [-0.3, -0.25) is 4.79 Å². The first kappa shape index (κ1) is 21.0. The van der Waals surface area contributed by atoms with Gasteiger partial charge in [0.2, 0.25) is 0 Å². The lowest BCUT2D eigenvalue weighted by Crippen LogP contribution is -2.16. The van der Waals surface area contributed by atoms with E-state index >= 15 is 0 Å². The Balaban J connectivity index is 2.66. The molecule has 1 unspecified atom stereocenters. The Labute approximate surface area is 152 Å². The molecule has 0 spiro atoms. The summed E-state index contributed by atoms with van der Waals surface area (Å²) in [7, 11) is 0. The summed E-state index contributed by atoms with van der Waals surface area (Å²) in [6, 6.07) is 8.55. The van der Waals surface area contributed by atoms with Crippen LogP contribution in [-0.4, -0.2) is 34.8 Å². The number of rotatable bonds is 9. The third kappa shape index (κ3) is 9.76. The fourth-order valence-corrected chi connectivity index (χ4v) is 2.54. The lowest BCUT2D eigenvalue weighted by molar-refractivity contribution is -0.133. The van der Waals surface area contributed by atoms with Crippen LogP contribution in [0.4, 0.5) is 4.79 Å². The van der Waals surface area contributed by atoms with Gasteiger partial charge in [0.1, 0.15) is 11.5 Å². The van der Waals surface area contributed by atoms with Crippen molar-refractivity contribution in [2.75, 3.05) is 12.4 Å². The Morgan fingerprint density at radius 2 is 1.96 bits per heavy atom. The van der Waals surface area contributed by atoms with Gasteiger partial charge in [0.05, 0.1) is 6.61 Å². The molecule has 0 aromatic heterocycles. The van der Waals surface area contributed by atoms with Crippen molar-refractivity contribution in [3.05, 3.63) is 30.3 Å². The maximum Gasteiger partial charge on any atom is 0.442 e. The molecule has 25 heavy (non-hydrogen) atoms. The van der Waals surface area contributed by atoms with Gasteiger partial charge in [-0.15, -0.1) is 4.99 Å². The summed E-state index contributed by atoms with van der Waals surface area (Å²) in [5.74, 6) is -0.520. The molecule has 6 nitrogen and oxygen atoms in total. The minimum atomic E-state index is -1.00. The molecule has 138 valence electrons. The smallest absolute Gasteiger partial charge is 0.442 e. The van der Waals surface area contributed by atoms with Crippen LogP contribution < -0.4 is 4.74 Å². The number of carboxylic acid groups (broad SMARTS) is 1. The first-order valence-electron chi connectivity index (χ1n) is 8.38. The van der Waals surface area contributed by atoms with E-state index in [4.69, 9.17) is 14.6 Å². The summed E-state index contributed by atoms with van der Waals surface area (Å²) in [5, 5.41) is 8.85. The number of ether oxygens (including phenoxy) is 2. The number of carboxylic acids is 1. The summed E-state index contributed by atoms with van der Waals surface area (Å²) < 4.78 is 10.7. The molecular weight excluding hydrogens is 342 g/mol. The van der Waals surface area contributed by atoms with E-state index in [0.29, 0.717) is 18.3 Å². The van der Waals surface area contributed by atoms with Gasteiger partial charge in [0, 0.05) is 0 Å². The average molecular weight is 367 g/mol. The maximum absolute atomic E-state index is 11.9. The molecule has 7 heteroatoms. The van der Waals surface area contributed by atoms with Crippen LogP contribution in [0.3, 0.4) is 0 Å². The number of hydrogen-bond donors (Lipinski definition) is 1. The second kappa shape index (κ2) is 12.4. The number of aliphatic imine (C=N–C) groups is 1. The summed E-state index contributed by atoms with van der Waals surface area (Å²) in [6.07, 6.45) is 3.35. The molecule has 1 aromatic rings. The number of benzene rings is 1. The van der Waals surface area contributed by atoms with Crippen LogP contribution in [0.2, 0.25) is 0 Å². The quantitative estimate of drug-likeness (QED) is 0.507. The van der Waals surface area contributed by atoms with Crippen molar-refractivity contribution in [3.63, 3.8) is 0 Å². The van der Waals surface area contributed by atoms with Crippen LogP contribution in [-0.2, 0) is 9.53 Å². The molecule has 0 bridgehead atoms. The first-order valence-corrected chi connectivity index (χ1v) is 9.36. The highest BCUT2D eigenvalue weighted by molar-refractivity contribution is 8.14. The standard InChI is InChI=1S/C18H25NO5S/c1-3-5-9-14(4-2)12-23-18(25-13-16(20)21)19-17(22)24-15-10-7-6-8-11-15/h6-8,10-11,14H,3-5,9,12-13H2,1-2H3,(H,20,21)/b19-18+. The predicted molar refractivity (Wildman–Crippen MR) is 99.3 cm³/mol. The van der Waals surface area contributed by atoms with Crippen LogP contribution in [0.5, 0.6) is 5.75 Å². The van der Waals surface area contributed by atoms with Gasteiger partial charge in [-0.05, 0) is 24.5 Å². The maximum atomic E-state index is 11.9. The monoisotopic (exact) mass is 367 g/mol. The molecule has 1 rings (SSSR count). The van der Waals surface area contributed by atoms with Crippen LogP contribution in [0.25, 0.3) is 0 Å². The lowest BCUT2D eigenvalue weighted by atomic mass is 10.0. The fourth-order valence-electron chi connectivity index (χ4n) is 2.00. The Bertz CT molecular complexity index is 562. The number of para-hydroxylation sites is 1. The minimum Gasteiger partial charge on any atom is -0.481 e. The normalized spacial score (nSPS) is 12.5. The van der Waals surface area contributed by atoms with Crippen LogP contribution in [0.1, 0.15) is 39.5 Å². The summed E-state index contributed by atoms with van der Waals surface area (Å²) in [6.45, 7) is 4.61. The number of unbranched alkanes of at least 4 members (excludes halogenated alkanes) is 1. The Kier molecular flexibility index (Phi) is 10.4. The zero-order chi connectivity index (χ0) is 18.5. The zero-order valence-corrected chi connectivity index (χ0v) is 15.5. The number of thioether (sulfide) groups is 1. The molecule has 0 aliphatic rings. The number of nitrogens with zero attached hydrogens (tertiary/aromatic N) is 1. The molecule has 1 aromatic carbocycles. The zero-order valence-electron chi connectivity index (χ0n) is 14.6. The third-order valence-electron chi connectivity index (χ3n) is 3.44. The highest BCUT2D eigenvalue weighted by atomic mass is 32.2. The SMILES string of the molecule is CCCCC(CC)CO/C(=N\C(=O)Oc1ccccc1)SCC(=O)O. The van der Waals surface area contributed by atoms with E-state index in [1.807, 2.05) is 0 Å². The summed E-state index contributed by atoms with van der Waals surface area (Å²) in [4.78, 5) is 26.4. The topological polar surface area (TPSA) is 85.2 Å². The third-order valence-corrected chi connectivity index (χ3v) is 4.28. The predicted octanol–water partition coefficient (Wildman–Crippen LogP) is 4.59. The second-order valence-electron chi connectivity index (χ2n) is 5.47. The largest absolute Gasteiger partial charge is 0.481 e. The van der Waals surface area contributed by atoms with Crippen molar-refractivity contribution in [1.82, 2.24) is 0 Å². The van der Waals surface area contributed by atoms with Gasteiger partial charge >= 0.3 is 12.1 Å². The molecule has 1 atom stereocenters. The van der Waals surface area contributed by atoms with E-state index < -0.39 is 12.1 Å². The molecule has 0 aliphatic heterocycles. The number of hydrogen-bond acceptors (Lipinski definition) is 5. The average Bonchev–Trinajstić information content (AvgIpc) is 2.60. The highest BCUT2D eigenvalue weighted by Gasteiger charge is 2.14. The highest BCUT2D eigenvalue weighted by Crippen LogP contribution is 2.16. The number of carbonyl (C=O) groups excluding carboxylic acids is 1. The van der Waals surface area contributed by atoms with E-state index in [1.54, 1.807) is 30.3 Å². The summed E-state index contributed by atoms with van der Waals surface area (Å²) in [5.41, 5.74) is 0. The molecule has 0 heterocycles. The van der Waals surface area contributed by atoms with E-state index in [0.717, 1.165) is 37.4 Å². The van der Waals surface area contributed by atoms with Crippen LogP contribution in [0, 0.1) is 5.92 Å². The molecular formula is C18H25NO5S. The van der Waals surface area contributed by atoms with Crippen molar-refractivity contribution in [3.8, 4) is 5.75 Å². The van der Waals surface area contributed by atoms with Crippen molar-refractivity contribution in [2.24, 2.45) is 10.9 Å². The Hall–Kier alpha value is -2.02. The van der Waals surface area contributed by atoms with Gasteiger partial charge < -0.3 is 14.6 Å². The van der Waals surface area contributed by atoms with Gasteiger partial charge in [-0.25, -0.2) is 4.79 Å². The van der Waals surface area contributed by atoms with Crippen molar-refractivity contribution in [1.29, 1.82) is 0 Å². The Morgan fingerprint density at radius 3 is 2.56 bits per heavy atom. The van der Waals surface area contributed by atoms with E-state index in [9.17, 15) is 9.59 Å². The van der Waals surface area contributed by atoms with Crippen molar-refractivity contribution in [2.45, 2.75) is 39.5 Å². The van der Waals surface area contributed by atoms with Gasteiger partial charge in [0.15, 0.2) is 0 Å². The molecule has 1 amide bonds. The first-order chi connectivity index (χ1) is 12.0. The number of carbonyl (C=O) groups is 2. The van der Waals surface area contributed by atoms with E-state index in [2.05, 4.69) is 18.8 Å². The van der Waals surface area contributed by atoms with Crippen LogP contribution >= 0.6 is 11.8 Å². The minimum absolute atomic E-state index is 0.0262. The van der Waals surface area contributed by atoms with Gasteiger partial charge in [0.25, 0.3) is 5.23 Å². The van der Waals surface area contributed by atoms with Gasteiger partial charge in [-0.1, -0.05) is 63.1 Å². The Morgan fingerprint density at radius 1 is 1.24 bits per heavy atom. The van der Waals surface area contributed by atoms with E-state index in [-0.39, 0.29) is 11.0 Å². The molecule has 0 saturated carbocycles. The van der Waals surface area contributed by atoms with E-state index in [1.165, 1.54) is 0 Å². The summed E-state index contributed by atoms with van der Waals surface area (Å²) >= 11 is 0.872. The molecule has 0 radical (unpaired) electrons. The fraction of sp³-hybridized carbons (Fsp3) is 0.500. The number of amides is 1. The van der Waals surface area contributed by atoms with Gasteiger partial charge in [-0.2, -0.15) is 0 Å². The number of aliphatic carboxylic acids is 1. The molecule has 0 saturated heterocycles. The van der Waals surface area contributed by atoms with Crippen molar-refractivity contribution >= 4 is 29.1 Å². The molecule has 0 aliphatic carbocycles. The molecule has 1 N–H and O–H groups in total. The lowest BCUT2D eigenvalue weighted by Gasteiger charge is -2.15. The van der Waals surface area contributed by atoms with Crippen molar-refractivity contribution < 1.29 is 24.2 Å². The molecule has 0 fully saturated rings.